The van der Waals surface area contributed by atoms with E-state index in [2.05, 4.69) is 23.1 Å². The molecule has 4 rings (SSSR count). The van der Waals surface area contributed by atoms with Gasteiger partial charge in [0.1, 0.15) is 6.61 Å². The maximum atomic E-state index is 14.2. The van der Waals surface area contributed by atoms with Crippen molar-refractivity contribution >= 4 is 34.5 Å². The van der Waals surface area contributed by atoms with Gasteiger partial charge in [-0.1, -0.05) is 68.4 Å². The third-order valence-electron chi connectivity index (χ3n) is 8.28. The van der Waals surface area contributed by atoms with Crippen LogP contribution in [0.2, 0.25) is 0 Å². The molecule has 1 amide bonds. The Morgan fingerprint density at radius 1 is 0.896 bits per heavy atom. The minimum Gasteiger partial charge on any atom is -0.466 e. The Bertz CT molecular complexity index is 1480. The fraction of sp³-hybridized carbons (Fsp3) is 0.486. The zero-order valence-corrected chi connectivity index (χ0v) is 28.5. The van der Waals surface area contributed by atoms with Gasteiger partial charge in [0.05, 0.1) is 44.9 Å². The number of nitrogens with zero attached hydrogens (tertiary/aromatic N) is 2. The second kappa shape index (κ2) is 18.4. The molecule has 0 bridgehead atoms. The molecule has 1 fully saturated rings. The molecule has 48 heavy (non-hydrogen) atoms. The highest BCUT2D eigenvalue weighted by Gasteiger charge is 2.38. The molecule has 1 unspecified atom stereocenters. The van der Waals surface area contributed by atoms with Crippen LogP contribution in [0.3, 0.4) is 0 Å². The van der Waals surface area contributed by atoms with E-state index in [0.29, 0.717) is 39.3 Å². The van der Waals surface area contributed by atoms with Gasteiger partial charge in [0.15, 0.2) is 0 Å². The van der Waals surface area contributed by atoms with Crippen LogP contribution in [-0.2, 0) is 39.7 Å². The standard InChI is InChI=1S/C37H49N3O8/c1-5-46-34(41)23-28-13-15-30(16-14-28)39-19-17-31(24-39)40(27(4)32-12-8-10-29-9-6-7-11-33(29)32)37(43)48-36(26(2)3)47-35(42)25-45-22-21-44-20-18-38/h6-16,26-27,31,36H,5,17-25,38H2,1-4H3/t27-,31+,36?/m1/s1. The molecule has 1 aliphatic rings. The van der Waals surface area contributed by atoms with E-state index in [0.717, 1.165) is 34.1 Å². The number of fused-ring (bicyclic) bond motifs is 1. The Balaban J connectivity index is 1.51. The maximum absolute atomic E-state index is 14.2. The lowest BCUT2D eigenvalue weighted by Crippen LogP contribution is -2.46. The average Bonchev–Trinajstić information content (AvgIpc) is 3.55. The van der Waals surface area contributed by atoms with E-state index in [1.165, 1.54) is 0 Å². The highest BCUT2D eigenvalue weighted by molar-refractivity contribution is 5.86. The number of hydrogen-bond acceptors (Lipinski definition) is 10. The molecular formula is C37H49N3O8. The molecule has 0 aromatic heterocycles. The van der Waals surface area contributed by atoms with Crippen LogP contribution in [0.25, 0.3) is 10.8 Å². The lowest BCUT2D eigenvalue weighted by atomic mass is 9.97. The molecule has 11 heteroatoms. The lowest BCUT2D eigenvalue weighted by Gasteiger charge is -2.36. The van der Waals surface area contributed by atoms with Crippen LogP contribution < -0.4 is 10.6 Å². The van der Waals surface area contributed by atoms with Gasteiger partial charge in [-0.2, -0.15) is 0 Å². The summed E-state index contributed by atoms with van der Waals surface area (Å²) in [4.78, 5) is 42.8. The van der Waals surface area contributed by atoms with Crippen LogP contribution in [-0.4, -0.2) is 87.9 Å². The Kier molecular flexibility index (Phi) is 14.0. The van der Waals surface area contributed by atoms with Crippen LogP contribution in [0, 0.1) is 5.92 Å². The molecule has 3 atom stereocenters. The SMILES string of the molecule is CCOC(=O)Cc1ccc(N2CC[C@H](N(C(=O)OC(OC(=O)COCCOCCN)C(C)C)[C@H](C)c3cccc4ccccc34)C2)cc1. The van der Waals surface area contributed by atoms with Gasteiger partial charge >= 0.3 is 18.0 Å². The summed E-state index contributed by atoms with van der Waals surface area (Å²) in [6.07, 6.45) is -0.736. The quantitative estimate of drug-likeness (QED) is 0.116. The van der Waals surface area contributed by atoms with Crippen LogP contribution in [0.1, 0.15) is 51.3 Å². The Hall–Kier alpha value is -4.19. The van der Waals surface area contributed by atoms with Gasteiger partial charge in [-0.3, -0.25) is 9.69 Å². The molecule has 0 radical (unpaired) electrons. The number of esters is 2. The number of rotatable bonds is 17. The monoisotopic (exact) mass is 663 g/mol. The highest BCUT2D eigenvalue weighted by Crippen LogP contribution is 2.34. The molecule has 0 aliphatic carbocycles. The summed E-state index contributed by atoms with van der Waals surface area (Å²) in [6, 6.07) is 21.5. The van der Waals surface area contributed by atoms with Crippen molar-refractivity contribution in [3.05, 3.63) is 77.9 Å². The van der Waals surface area contributed by atoms with Gasteiger partial charge in [0.25, 0.3) is 6.29 Å². The Morgan fingerprint density at radius 2 is 1.62 bits per heavy atom. The molecule has 3 aromatic carbocycles. The number of nitrogens with two attached hydrogens (primary N) is 1. The Labute approximate surface area is 283 Å². The minimum atomic E-state index is -1.10. The van der Waals surface area contributed by atoms with Crippen molar-refractivity contribution < 1.29 is 38.1 Å². The second-order valence-electron chi connectivity index (χ2n) is 12.1. The summed E-state index contributed by atoms with van der Waals surface area (Å²) in [5.74, 6) is -1.19. The average molecular weight is 664 g/mol. The predicted octanol–water partition coefficient (Wildman–Crippen LogP) is 5.24. The Morgan fingerprint density at radius 3 is 2.35 bits per heavy atom. The van der Waals surface area contributed by atoms with Crippen molar-refractivity contribution in [1.29, 1.82) is 0 Å². The maximum Gasteiger partial charge on any atom is 0.413 e. The largest absolute Gasteiger partial charge is 0.466 e. The summed E-state index contributed by atoms with van der Waals surface area (Å²) in [6.45, 7) is 10.2. The number of hydrogen-bond donors (Lipinski definition) is 1. The molecule has 260 valence electrons. The van der Waals surface area contributed by atoms with Gasteiger partial charge < -0.3 is 34.3 Å². The third kappa shape index (κ3) is 10.2. The summed E-state index contributed by atoms with van der Waals surface area (Å²) in [5.41, 5.74) is 8.28. The van der Waals surface area contributed by atoms with Crippen molar-refractivity contribution in [3.8, 4) is 0 Å². The van der Waals surface area contributed by atoms with Crippen LogP contribution in [0.4, 0.5) is 10.5 Å². The number of anilines is 1. The van der Waals surface area contributed by atoms with Crippen LogP contribution >= 0.6 is 0 Å². The van der Waals surface area contributed by atoms with Crippen molar-refractivity contribution in [2.24, 2.45) is 11.7 Å². The summed E-state index contributed by atoms with van der Waals surface area (Å²) in [7, 11) is 0. The van der Waals surface area contributed by atoms with E-state index in [4.69, 9.17) is 29.4 Å². The van der Waals surface area contributed by atoms with Gasteiger partial charge in [0.2, 0.25) is 0 Å². The third-order valence-corrected chi connectivity index (χ3v) is 8.28. The smallest absolute Gasteiger partial charge is 0.413 e. The summed E-state index contributed by atoms with van der Waals surface area (Å²) < 4.78 is 27.3. The molecule has 1 aliphatic heterocycles. The minimum absolute atomic E-state index is 0.189. The molecular weight excluding hydrogens is 614 g/mol. The highest BCUT2D eigenvalue weighted by atomic mass is 16.7. The second-order valence-corrected chi connectivity index (χ2v) is 12.1. The van der Waals surface area contributed by atoms with Crippen molar-refractivity contribution in [3.63, 3.8) is 0 Å². The summed E-state index contributed by atoms with van der Waals surface area (Å²) >= 11 is 0. The number of ether oxygens (including phenoxy) is 5. The fourth-order valence-corrected chi connectivity index (χ4v) is 5.87. The van der Waals surface area contributed by atoms with Crippen molar-refractivity contribution in [2.75, 3.05) is 57.6 Å². The van der Waals surface area contributed by atoms with E-state index in [9.17, 15) is 14.4 Å². The van der Waals surface area contributed by atoms with Crippen molar-refractivity contribution in [1.82, 2.24) is 4.90 Å². The van der Waals surface area contributed by atoms with E-state index in [1.807, 2.05) is 69.3 Å². The number of carbonyl (C=O) groups excluding carboxylic acids is 3. The first-order valence-electron chi connectivity index (χ1n) is 16.7. The van der Waals surface area contributed by atoms with E-state index >= 15 is 0 Å². The van der Waals surface area contributed by atoms with Gasteiger partial charge in [-0.15, -0.1) is 0 Å². The van der Waals surface area contributed by atoms with E-state index in [-0.39, 0.29) is 43.6 Å². The molecule has 1 saturated heterocycles. The normalized spacial score (nSPS) is 15.7. The molecule has 1 heterocycles. The fourth-order valence-electron chi connectivity index (χ4n) is 5.87. The topological polar surface area (TPSA) is 130 Å². The zero-order chi connectivity index (χ0) is 34.5. The van der Waals surface area contributed by atoms with Crippen LogP contribution in [0.15, 0.2) is 66.7 Å². The number of carbonyl (C=O) groups is 3. The number of amides is 1. The first-order chi connectivity index (χ1) is 23.2. The predicted molar refractivity (Wildman–Crippen MR) is 183 cm³/mol. The van der Waals surface area contributed by atoms with Gasteiger partial charge in [0, 0.05) is 31.2 Å². The van der Waals surface area contributed by atoms with Gasteiger partial charge in [-0.05, 0) is 54.3 Å². The summed E-state index contributed by atoms with van der Waals surface area (Å²) in [5, 5.41) is 2.13. The first-order valence-corrected chi connectivity index (χ1v) is 16.7. The van der Waals surface area contributed by atoms with E-state index in [1.54, 1.807) is 11.8 Å². The molecule has 0 saturated carbocycles. The molecule has 3 aromatic rings. The molecule has 2 N–H and O–H groups in total. The molecule has 11 nitrogen and oxygen atoms in total. The van der Waals surface area contributed by atoms with E-state index < -0.39 is 18.4 Å². The first kappa shape index (κ1) is 36.6. The van der Waals surface area contributed by atoms with Crippen LogP contribution in [0.5, 0.6) is 0 Å². The van der Waals surface area contributed by atoms with Crippen molar-refractivity contribution in [2.45, 2.75) is 58.9 Å². The molecule has 0 spiro atoms. The lowest BCUT2D eigenvalue weighted by molar-refractivity contribution is -0.182. The van der Waals surface area contributed by atoms with Gasteiger partial charge in [-0.25, -0.2) is 9.59 Å². The number of benzene rings is 3. The zero-order valence-electron chi connectivity index (χ0n) is 28.5.